The van der Waals surface area contributed by atoms with Gasteiger partial charge in [0.05, 0.1) is 13.3 Å². The van der Waals surface area contributed by atoms with E-state index in [1.807, 2.05) is 29.2 Å². The number of hydrogen-bond donors (Lipinski definition) is 1. The van der Waals surface area contributed by atoms with E-state index in [9.17, 15) is 4.79 Å². The molecule has 1 fully saturated rings. The van der Waals surface area contributed by atoms with Crippen LogP contribution in [0.4, 0.5) is 0 Å². The molecule has 0 saturated heterocycles. The molecule has 0 spiro atoms. The van der Waals surface area contributed by atoms with Crippen LogP contribution in [0, 0.1) is 0 Å². The van der Waals surface area contributed by atoms with Crippen LogP contribution >= 0.6 is 0 Å². The number of H-pyrrole nitrogens is 1. The molecule has 6 nitrogen and oxygen atoms in total. The van der Waals surface area contributed by atoms with Crippen LogP contribution in [0.1, 0.15) is 28.9 Å². The van der Waals surface area contributed by atoms with Crippen molar-refractivity contribution in [1.82, 2.24) is 20.3 Å². The number of aromatic amines is 1. The number of amides is 1. The van der Waals surface area contributed by atoms with Gasteiger partial charge >= 0.3 is 0 Å². The lowest BCUT2D eigenvalue weighted by atomic mass is 10.1. The van der Waals surface area contributed by atoms with Gasteiger partial charge < -0.3 is 9.64 Å². The first-order valence-electron chi connectivity index (χ1n) is 6.58. The number of carbonyl (C=O) groups excluding carboxylic acids is 1. The SMILES string of the molecule is COc1ccccc1CN(C(=O)c1cn[nH]n1)C1CC1. The first kappa shape index (κ1) is 12.7. The Labute approximate surface area is 116 Å². The molecule has 1 amide bonds. The molecule has 1 aliphatic rings. The predicted octanol–water partition coefficient (Wildman–Crippen LogP) is 1.62. The monoisotopic (exact) mass is 272 g/mol. The van der Waals surface area contributed by atoms with E-state index in [0.717, 1.165) is 24.2 Å². The summed E-state index contributed by atoms with van der Waals surface area (Å²) in [5, 5.41) is 10.0. The van der Waals surface area contributed by atoms with Gasteiger partial charge in [-0.2, -0.15) is 15.4 Å². The third-order valence-corrected chi connectivity index (χ3v) is 3.42. The van der Waals surface area contributed by atoms with Gasteiger partial charge in [-0.05, 0) is 18.9 Å². The van der Waals surface area contributed by atoms with E-state index in [0.29, 0.717) is 18.3 Å². The average molecular weight is 272 g/mol. The number of nitrogens with zero attached hydrogens (tertiary/aromatic N) is 3. The Kier molecular flexibility index (Phi) is 3.37. The van der Waals surface area contributed by atoms with Crippen molar-refractivity contribution in [2.75, 3.05) is 7.11 Å². The number of ether oxygens (including phenoxy) is 1. The van der Waals surface area contributed by atoms with Crippen LogP contribution in [-0.4, -0.2) is 39.4 Å². The second-order valence-corrected chi connectivity index (χ2v) is 4.83. The lowest BCUT2D eigenvalue weighted by Crippen LogP contribution is -2.33. The summed E-state index contributed by atoms with van der Waals surface area (Å²) in [5.74, 6) is 0.707. The predicted molar refractivity (Wildman–Crippen MR) is 72.3 cm³/mol. The van der Waals surface area contributed by atoms with Gasteiger partial charge in [-0.3, -0.25) is 4.79 Å². The fraction of sp³-hybridized carbons (Fsp3) is 0.357. The van der Waals surface area contributed by atoms with Gasteiger partial charge in [0.25, 0.3) is 5.91 Å². The smallest absolute Gasteiger partial charge is 0.276 e. The van der Waals surface area contributed by atoms with E-state index < -0.39 is 0 Å². The van der Waals surface area contributed by atoms with Gasteiger partial charge in [-0.1, -0.05) is 18.2 Å². The Balaban J connectivity index is 1.83. The van der Waals surface area contributed by atoms with Gasteiger partial charge in [-0.25, -0.2) is 0 Å². The molecule has 0 aliphatic heterocycles. The topological polar surface area (TPSA) is 71.1 Å². The van der Waals surface area contributed by atoms with Crippen molar-refractivity contribution in [3.63, 3.8) is 0 Å². The highest BCUT2D eigenvalue weighted by atomic mass is 16.5. The van der Waals surface area contributed by atoms with Crippen molar-refractivity contribution in [2.24, 2.45) is 0 Å². The summed E-state index contributed by atoms with van der Waals surface area (Å²) in [5.41, 5.74) is 1.35. The second-order valence-electron chi connectivity index (χ2n) is 4.83. The van der Waals surface area contributed by atoms with Crippen LogP contribution in [0.5, 0.6) is 5.75 Å². The Hall–Kier alpha value is -2.37. The molecule has 104 valence electrons. The fourth-order valence-electron chi connectivity index (χ4n) is 2.22. The highest BCUT2D eigenvalue weighted by Gasteiger charge is 2.34. The molecule has 3 rings (SSSR count). The fourth-order valence-corrected chi connectivity index (χ4v) is 2.22. The van der Waals surface area contributed by atoms with Crippen LogP contribution < -0.4 is 4.74 Å². The Morgan fingerprint density at radius 1 is 1.45 bits per heavy atom. The van der Waals surface area contributed by atoms with Crippen molar-refractivity contribution in [2.45, 2.75) is 25.4 Å². The van der Waals surface area contributed by atoms with Crippen LogP contribution in [-0.2, 0) is 6.54 Å². The number of para-hydroxylation sites is 1. The molecule has 0 atom stereocenters. The minimum atomic E-state index is -0.0906. The van der Waals surface area contributed by atoms with Crippen LogP contribution in [0.15, 0.2) is 30.5 Å². The summed E-state index contributed by atoms with van der Waals surface area (Å²) in [6, 6.07) is 8.04. The molecule has 1 heterocycles. The van der Waals surface area contributed by atoms with Gasteiger partial charge in [0, 0.05) is 18.2 Å². The number of carbonyl (C=O) groups is 1. The lowest BCUT2D eigenvalue weighted by Gasteiger charge is -2.22. The molecule has 1 saturated carbocycles. The summed E-state index contributed by atoms with van der Waals surface area (Å²) in [7, 11) is 1.64. The average Bonchev–Trinajstić information content (AvgIpc) is 3.17. The molecular formula is C14H16N4O2. The number of benzene rings is 1. The Morgan fingerprint density at radius 2 is 2.25 bits per heavy atom. The highest BCUT2D eigenvalue weighted by molar-refractivity contribution is 5.92. The summed E-state index contributed by atoms with van der Waals surface area (Å²) >= 11 is 0. The number of hydrogen-bond acceptors (Lipinski definition) is 4. The summed E-state index contributed by atoms with van der Waals surface area (Å²) < 4.78 is 5.34. The zero-order valence-electron chi connectivity index (χ0n) is 11.2. The van der Waals surface area contributed by atoms with E-state index in [2.05, 4.69) is 15.4 Å². The zero-order chi connectivity index (χ0) is 13.9. The second kappa shape index (κ2) is 5.32. The van der Waals surface area contributed by atoms with Crippen molar-refractivity contribution in [3.8, 4) is 5.75 Å². The Morgan fingerprint density at radius 3 is 2.90 bits per heavy atom. The van der Waals surface area contributed by atoms with Gasteiger partial charge in [0.2, 0.25) is 0 Å². The third kappa shape index (κ3) is 2.49. The first-order valence-corrected chi connectivity index (χ1v) is 6.58. The maximum absolute atomic E-state index is 12.5. The molecule has 1 N–H and O–H groups in total. The zero-order valence-corrected chi connectivity index (χ0v) is 11.2. The van der Waals surface area contributed by atoms with Gasteiger partial charge in [0.1, 0.15) is 5.75 Å². The van der Waals surface area contributed by atoms with E-state index in [-0.39, 0.29) is 5.91 Å². The molecule has 1 aromatic carbocycles. The van der Waals surface area contributed by atoms with E-state index >= 15 is 0 Å². The van der Waals surface area contributed by atoms with Crippen molar-refractivity contribution < 1.29 is 9.53 Å². The van der Waals surface area contributed by atoms with Gasteiger partial charge in [-0.15, -0.1) is 0 Å². The molecule has 6 heteroatoms. The van der Waals surface area contributed by atoms with Crippen molar-refractivity contribution in [1.29, 1.82) is 0 Å². The minimum Gasteiger partial charge on any atom is -0.496 e. The molecule has 0 unspecified atom stereocenters. The molecule has 0 bridgehead atoms. The standard InChI is InChI=1S/C14H16N4O2/c1-20-13-5-3-2-4-10(13)9-18(11-6-7-11)14(19)12-8-15-17-16-12/h2-5,8,11H,6-7,9H2,1H3,(H,15,16,17). The molecule has 2 aromatic rings. The number of rotatable bonds is 5. The Bertz CT molecular complexity index is 593. The maximum Gasteiger partial charge on any atom is 0.276 e. The molecule has 1 aromatic heterocycles. The van der Waals surface area contributed by atoms with E-state index in [1.54, 1.807) is 7.11 Å². The molecule has 1 aliphatic carbocycles. The largest absolute Gasteiger partial charge is 0.496 e. The maximum atomic E-state index is 12.5. The first-order chi connectivity index (χ1) is 9.79. The molecular weight excluding hydrogens is 256 g/mol. The lowest BCUT2D eigenvalue weighted by molar-refractivity contribution is 0.0722. The van der Waals surface area contributed by atoms with E-state index in [4.69, 9.17) is 4.74 Å². The van der Waals surface area contributed by atoms with Crippen molar-refractivity contribution in [3.05, 3.63) is 41.7 Å². The summed E-state index contributed by atoms with van der Waals surface area (Å²) in [6.07, 6.45) is 3.54. The van der Waals surface area contributed by atoms with Crippen molar-refractivity contribution >= 4 is 5.91 Å². The van der Waals surface area contributed by atoms with Crippen LogP contribution in [0.3, 0.4) is 0 Å². The summed E-state index contributed by atoms with van der Waals surface area (Å²) in [4.78, 5) is 14.3. The van der Waals surface area contributed by atoms with E-state index in [1.165, 1.54) is 6.20 Å². The number of nitrogens with one attached hydrogen (secondary N) is 1. The van der Waals surface area contributed by atoms with Crippen LogP contribution in [0.25, 0.3) is 0 Å². The quantitative estimate of drug-likeness (QED) is 0.897. The minimum absolute atomic E-state index is 0.0906. The third-order valence-electron chi connectivity index (χ3n) is 3.42. The normalized spacial score (nSPS) is 14.1. The van der Waals surface area contributed by atoms with Crippen LogP contribution in [0.2, 0.25) is 0 Å². The number of methoxy groups -OCH3 is 1. The molecule has 0 radical (unpaired) electrons. The highest BCUT2D eigenvalue weighted by Crippen LogP contribution is 2.31. The van der Waals surface area contributed by atoms with Gasteiger partial charge in [0.15, 0.2) is 5.69 Å². The molecule has 20 heavy (non-hydrogen) atoms. The summed E-state index contributed by atoms with van der Waals surface area (Å²) in [6.45, 7) is 0.528. The number of aromatic nitrogens is 3.